The third-order valence-corrected chi connectivity index (χ3v) is 3.34. The molecule has 106 valence electrons. The van der Waals surface area contributed by atoms with Crippen molar-refractivity contribution in [3.8, 4) is 0 Å². The normalized spacial score (nSPS) is 14.3. The van der Waals surface area contributed by atoms with Crippen molar-refractivity contribution in [2.75, 3.05) is 0 Å². The summed E-state index contributed by atoms with van der Waals surface area (Å²) in [6.07, 6.45) is -1.25. The van der Waals surface area contributed by atoms with Crippen molar-refractivity contribution in [1.29, 1.82) is 0 Å². The Kier molecular flexibility index (Phi) is 4.54. The van der Waals surface area contributed by atoms with Crippen LogP contribution in [0.3, 0.4) is 0 Å². The molecule has 0 aliphatic carbocycles. The maximum Gasteiger partial charge on any atom is 0.141 e. The Hall–Kier alpha value is -1.18. The van der Waals surface area contributed by atoms with Crippen LogP contribution in [0, 0.1) is 5.41 Å². The monoisotopic (exact) mass is 264 g/mol. The zero-order valence-electron chi connectivity index (χ0n) is 12.9. The zero-order valence-corrected chi connectivity index (χ0v) is 12.9. The second kappa shape index (κ2) is 5.44. The zero-order chi connectivity index (χ0) is 14.8. The fraction of sp³-hybridized carbons (Fsp3) is 0.588. The van der Waals surface area contributed by atoms with E-state index in [-0.39, 0.29) is 17.6 Å². The predicted octanol–water partition coefficient (Wildman–Crippen LogP) is 5.00. The van der Waals surface area contributed by atoms with Crippen LogP contribution in [0.2, 0.25) is 0 Å². The van der Waals surface area contributed by atoms with E-state index in [1.807, 2.05) is 32.9 Å². The maximum absolute atomic E-state index is 14.1. The average Bonchev–Trinajstić information content (AvgIpc) is 2.26. The van der Waals surface area contributed by atoms with Crippen LogP contribution < -0.4 is 0 Å². The Morgan fingerprint density at radius 2 is 1.53 bits per heavy atom. The van der Waals surface area contributed by atoms with Gasteiger partial charge in [-0.1, -0.05) is 65.8 Å². The number of benzene rings is 1. The number of hydrogen-bond acceptors (Lipinski definition) is 1. The summed E-state index contributed by atoms with van der Waals surface area (Å²) in [6, 6.07) is 7.48. The molecule has 1 atom stereocenters. The van der Waals surface area contributed by atoms with Gasteiger partial charge in [0.05, 0.1) is 0 Å². The van der Waals surface area contributed by atoms with E-state index in [2.05, 4.69) is 20.8 Å². The first-order chi connectivity index (χ1) is 8.51. The van der Waals surface area contributed by atoms with Crippen molar-refractivity contribution in [3.63, 3.8) is 0 Å². The summed E-state index contributed by atoms with van der Waals surface area (Å²) < 4.78 is 14.1. The topological polar surface area (TPSA) is 17.1 Å². The molecule has 1 unspecified atom stereocenters. The lowest BCUT2D eigenvalue weighted by Gasteiger charge is -2.21. The lowest BCUT2D eigenvalue weighted by atomic mass is 9.85. The van der Waals surface area contributed by atoms with Gasteiger partial charge >= 0.3 is 0 Å². The van der Waals surface area contributed by atoms with Crippen molar-refractivity contribution in [3.05, 3.63) is 35.4 Å². The fourth-order valence-electron chi connectivity index (χ4n) is 1.78. The minimum absolute atomic E-state index is 0.0418. The van der Waals surface area contributed by atoms with Crippen molar-refractivity contribution in [2.45, 2.75) is 59.5 Å². The van der Waals surface area contributed by atoms with E-state index < -0.39 is 11.6 Å². The van der Waals surface area contributed by atoms with Crippen molar-refractivity contribution >= 4 is 5.78 Å². The summed E-state index contributed by atoms with van der Waals surface area (Å²) in [7, 11) is 0. The SMILES string of the molecule is CC(C)(C)C(=O)CC(F)c1ccc(C(C)(C)C)cc1. The highest BCUT2D eigenvalue weighted by Gasteiger charge is 2.25. The van der Waals surface area contributed by atoms with Gasteiger partial charge in [-0.05, 0) is 16.5 Å². The number of alkyl halides is 1. The molecule has 0 amide bonds. The molecule has 2 heteroatoms. The van der Waals surface area contributed by atoms with E-state index in [4.69, 9.17) is 0 Å². The van der Waals surface area contributed by atoms with Crippen LogP contribution in [-0.4, -0.2) is 5.78 Å². The van der Waals surface area contributed by atoms with Crippen LogP contribution in [-0.2, 0) is 10.2 Å². The minimum atomic E-state index is -1.21. The number of carbonyl (C=O) groups is 1. The summed E-state index contributed by atoms with van der Waals surface area (Å²) >= 11 is 0. The first kappa shape index (κ1) is 15.9. The first-order valence-electron chi connectivity index (χ1n) is 6.79. The maximum atomic E-state index is 14.1. The molecule has 0 N–H and O–H groups in total. The molecule has 0 saturated carbocycles. The van der Waals surface area contributed by atoms with E-state index in [1.165, 1.54) is 5.56 Å². The van der Waals surface area contributed by atoms with Crippen LogP contribution in [0.5, 0.6) is 0 Å². The van der Waals surface area contributed by atoms with E-state index in [0.29, 0.717) is 5.56 Å². The van der Waals surface area contributed by atoms with Crippen molar-refractivity contribution in [2.24, 2.45) is 5.41 Å². The van der Waals surface area contributed by atoms with Crippen LogP contribution in [0.15, 0.2) is 24.3 Å². The van der Waals surface area contributed by atoms with E-state index in [9.17, 15) is 9.18 Å². The van der Waals surface area contributed by atoms with Gasteiger partial charge in [0.1, 0.15) is 12.0 Å². The lowest BCUT2D eigenvalue weighted by Crippen LogP contribution is -2.21. The Balaban J connectivity index is 2.79. The van der Waals surface area contributed by atoms with E-state index in [1.54, 1.807) is 12.1 Å². The minimum Gasteiger partial charge on any atom is -0.299 e. The van der Waals surface area contributed by atoms with E-state index in [0.717, 1.165) is 0 Å². The molecule has 0 aromatic heterocycles. The van der Waals surface area contributed by atoms with Gasteiger partial charge < -0.3 is 0 Å². The fourth-order valence-corrected chi connectivity index (χ4v) is 1.78. The van der Waals surface area contributed by atoms with Crippen molar-refractivity contribution < 1.29 is 9.18 Å². The van der Waals surface area contributed by atoms with Gasteiger partial charge in [0.15, 0.2) is 0 Å². The van der Waals surface area contributed by atoms with Gasteiger partial charge in [0, 0.05) is 11.8 Å². The molecule has 0 fully saturated rings. The van der Waals surface area contributed by atoms with Crippen LogP contribution in [0.1, 0.15) is 65.3 Å². The van der Waals surface area contributed by atoms with Crippen LogP contribution in [0.25, 0.3) is 0 Å². The molecule has 0 radical (unpaired) electrons. The third kappa shape index (κ3) is 4.45. The molecular weight excluding hydrogens is 239 g/mol. The molecule has 0 aliphatic heterocycles. The Morgan fingerprint density at radius 3 is 1.89 bits per heavy atom. The Morgan fingerprint density at radius 1 is 1.05 bits per heavy atom. The third-order valence-electron chi connectivity index (χ3n) is 3.34. The molecule has 0 bridgehead atoms. The Labute approximate surface area is 116 Å². The smallest absolute Gasteiger partial charge is 0.141 e. The molecule has 1 aromatic carbocycles. The second-order valence-corrected chi connectivity index (χ2v) is 7.22. The Bertz CT molecular complexity index is 432. The molecule has 1 nitrogen and oxygen atoms in total. The van der Waals surface area contributed by atoms with E-state index >= 15 is 0 Å². The quantitative estimate of drug-likeness (QED) is 0.750. The van der Waals surface area contributed by atoms with Gasteiger partial charge in [-0.25, -0.2) is 4.39 Å². The van der Waals surface area contributed by atoms with Crippen molar-refractivity contribution in [1.82, 2.24) is 0 Å². The molecule has 19 heavy (non-hydrogen) atoms. The molecule has 1 aromatic rings. The van der Waals surface area contributed by atoms with Gasteiger partial charge in [-0.3, -0.25) is 4.79 Å². The molecular formula is C17H25FO. The molecule has 1 rings (SSSR count). The number of ketones is 1. The number of hydrogen-bond donors (Lipinski definition) is 0. The largest absolute Gasteiger partial charge is 0.299 e. The van der Waals surface area contributed by atoms with Crippen LogP contribution >= 0.6 is 0 Å². The highest BCUT2D eigenvalue weighted by atomic mass is 19.1. The van der Waals surface area contributed by atoms with Crippen LogP contribution in [0.4, 0.5) is 4.39 Å². The molecule has 0 spiro atoms. The average molecular weight is 264 g/mol. The summed E-state index contributed by atoms with van der Waals surface area (Å²) in [5, 5.41) is 0. The molecule has 0 aliphatic rings. The van der Waals surface area contributed by atoms with Gasteiger partial charge in [-0.2, -0.15) is 0 Å². The van der Waals surface area contributed by atoms with Gasteiger partial charge in [0.2, 0.25) is 0 Å². The number of Topliss-reactive ketones (excluding diaryl/α,β-unsaturated/α-hetero) is 1. The highest BCUT2D eigenvalue weighted by molar-refractivity contribution is 5.84. The standard InChI is InChI=1S/C17H25FO/c1-16(2,3)13-9-7-12(8-10-13)14(18)11-15(19)17(4,5)6/h7-10,14H,11H2,1-6H3. The molecule has 0 heterocycles. The summed E-state index contributed by atoms with van der Waals surface area (Å²) in [6.45, 7) is 11.8. The number of halogens is 1. The predicted molar refractivity (Wildman–Crippen MR) is 78.1 cm³/mol. The summed E-state index contributed by atoms with van der Waals surface area (Å²) in [4.78, 5) is 11.8. The number of carbonyl (C=O) groups excluding carboxylic acids is 1. The number of rotatable bonds is 3. The highest BCUT2D eigenvalue weighted by Crippen LogP contribution is 2.29. The van der Waals surface area contributed by atoms with Gasteiger partial charge in [-0.15, -0.1) is 0 Å². The second-order valence-electron chi connectivity index (χ2n) is 7.22. The summed E-state index contributed by atoms with van der Waals surface area (Å²) in [5.74, 6) is -0.0418. The molecule has 0 saturated heterocycles. The lowest BCUT2D eigenvalue weighted by molar-refractivity contribution is -0.127. The van der Waals surface area contributed by atoms with Gasteiger partial charge in [0.25, 0.3) is 0 Å². The summed E-state index contributed by atoms with van der Waals surface area (Å²) in [5.41, 5.74) is 1.34. The first-order valence-corrected chi connectivity index (χ1v) is 6.79.